The highest BCUT2D eigenvalue weighted by atomic mass is 16.1. The second kappa shape index (κ2) is 9.08. The molecule has 1 rings (SSSR count). The maximum atomic E-state index is 11.9. The van der Waals surface area contributed by atoms with Crippen molar-refractivity contribution in [3.8, 4) is 11.8 Å². The summed E-state index contributed by atoms with van der Waals surface area (Å²) in [5.41, 5.74) is 6.55. The van der Waals surface area contributed by atoms with Crippen LogP contribution < -0.4 is 11.1 Å². The van der Waals surface area contributed by atoms with Crippen molar-refractivity contribution in [2.24, 2.45) is 5.73 Å². The molecule has 1 aromatic rings. The minimum absolute atomic E-state index is 0.112. The summed E-state index contributed by atoms with van der Waals surface area (Å²) in [6, 6.07) is 1.73. The highest BCUT2D eigenvalue weighted by Gasteiger charge is 2.05. The highest BCUT2D eigenvalue weighted by Crippen LogP contribution is 2.01. The molecule has 0 aromatic carbocycles. The summed E-state index contributed by atoms with van der Waals surface area (Å²) in [4.78, 5) is 18.1. The van der Waals surface area contributed by atoms with Gasteiger partial charge in [-0.05, 0) is 39.5 Å². The molecule has 0 saturated carbocycles. The van der Waals surface area contributed by atoms with E-state index in [4.69, 9.17) is 5.73 Å². The Morgan fingerprint density at radius 1 is 1.40 bits per heavy atom. The molecule has 3 N–H and O–H groups in total. The van der Waals surface area contributed by atoms with Gasteiger partial charge in [0, 0.05) is 24.5 Å². The monoisotopic (exact) mass is 274 g/mol. The number of unbranched alkanes of at least 4 members (excludes halogenated alkanes) is 1. The average molecular weight is 274 g/mol. The first-order valence-corrected chi connectivity index (χ1v) is 6.70. The van der Waals surface area contributed by atoms with E-state index < -0.39 is 0 Å². The Labute approximate surface area is 120 Å². The van der Waals surface area contributed by atoms with Gasteiger partial charge in [0.15, 0.2) is 0 Å². The fourth-order valence-corrected chi connectivity index (χ4v) is 1.64. The Morgan fingerprint density at radius 3 is 2.90 bits per heavy atom. The van der Waals surface area contributed by atoms with Gasteiger partial charge in [-0.25, -0.2) is 0 Å². The third-order valence-corrected chi connectivity index (χ3v) is 2.65. The summed E-state index contributed by atoms with van der Waals surface area (Å²) in [6.07, 6.45) is 5.19. The molecule has 0 aliphatic carbocycles. The molecule has 20 heavy (non-hydrogen) atoms. The highest BCUT2D eigenvalue weighted by molar-refractivity contribution is 5.94. The maximum absolute atomic E-state index is 11.9. The van der Waals surface area contributed by atoms with E-state index in [1.54, 1.807) is 18.5 Å². The van der Waals surface area contributed by atoms with E-state index in [1.807, 2.05) is 14.1 Å². The Bertz CT molecular complexity index is 488. The van der Waals surface area contributed by atoms with Crippen LogP contribution in [0.1, 0.15) is 28.8 Å². The zero-order valence-electron chi connectivity index (χ0n) is 12.1. The fourth-order valence-electron chi connectivity index (χ4n) is 1.64. The van der Waals surface area contributed by atoms with E-state index in [9.17, 15) is 4.79 Å². The molecule has 108 valence electrons. The summed E-state index contributed by atoms with van der Waals surface area (Å²) in [5.74, 6) is 5.50. The number of aromatic nitrogens is 1. The predicted molar refractivity (Wildman–Crippen MR) is 80.3 cm³/mol. The van der Waals surface area contributed by atoms with Crippen LogP contribution in [0.5, 0.6) is 0 Å². The molecule has 0 fully saturated rings. The van der Waals surface area contributed by atoms with E-state index in [1.165, 1.54) is 0 Å². The first-order valence-electron chi connectivity index (χ1n) is 6.70. The Kier molecular flexibility index (Phi) is 7.33. The molecule has 0 saturated heterocycles. The maximum Gasteiger partial charge on any atom is 0.252 e. The van der Waals surface area contributed by atoms with Gasteiger partial charge < -0.3 is 16.0 Å². The first kappa shape index (κ1) is 16.2. The van der Waals surface area contributed by atoms with Crippen molar-refractivity contribution < 1.29 is 4.79 Å². The molecule has 0 bridgehead atoms. The molecule has 0 aliphatic rings. The molecule has 5 heteroatoms. The van der Waals surface area contributed by atoms with Gasteiger partial charge >= 0.3 is 0 Å². The van der Waals surface area contributed by atoms with E-state index >= 15 is 0 Å². The van der Waals surface area contributed by atoms with Gasteiger partial charge in [-0.2, -0.15) is 0 Å². The zero-order chi connectivity index (χ0) is 14.8. The van der Waals surface area contributed by atoms with Crippen molar-refractivity contribution in [1.82, 2.24) is 15.2 Å². The number of hydrogen-bond acceptors (Lipinski definition) is 4. The van der Waals surface area contributed by atoms with Crippen molar-refractivity contribution in [2.45, 2.75) is 12.8 Å². The van der Waals surface area contributed by atoms with Crippen LogP contribution in [0.4, 0.5) is 0 Å². The molecule has 1 amide bonds. The lowest BCUT2D eigenvalue weighted by Crippen LogP contribution is -2.25. The number of rotatable bonds is 6. The number of amides is 1. The van der Waals surface area contributed by atoms with Crippen molar-refractivity contribution in [1.29, 1.82) is 0 Å². The van der Waals surface area contributed by atoms with Gasteiger partial charge in [0.2, 0.25) is 0 Å². The van der Waals surface area contributed by atoms with E-state index in [0.717, 1.165) is 19.4 Å². The molecular weight excluding hydrogens is 252 g/mol. The second-order valence-corrected chi connectivity index (χ2v) is 4.73. The Morgan fingerprint density at radius 2 is 2.20 bits per heavy atom. The molecule has 0 spiro atoms. The fraction of sp³-hybridized carbons (Fsp3) is 0.467. The number of carbonyl (C=O) groups is 1. The molecule has 0 aliphatic heterocycles. The number of nitrogens with zero attached hydrogens (tertiary/aromatic N) is 2. The Balaban J connectivity index is 2.43. The third-order valence-electron chi connectivity index (χ3n) is 2.65. The molecule has 0 atom stereocenters. The first-order chi connectivity index (χ1) is 9.63. The van der Waals surface area contributed by atoms with E-state index in [0.29, 0.717) is 24.2 Å². The van der Waals surface area contributed by atoms with Crippen LogP contribution in [-0.2, 0) is 0 Å². The van der Waals surface area contributed by atoms with E-state index in [2.05, 4.69) is 27.0 Å². The minimum atomic E-state index is -0.112. The summed E-state index contributed by atoms with van der Waals surface area (Å²) >= 11 is 0. The van der Waals surface area contributed by atoms with Crippen molar-refractivity contribution in [2.75, 3.05) is 33.7 Å². The lowest BCUT2D eigenvalue weighted by Gasteiger charge is -2.09. The molecule has 0 radical (unpaired) electrons. The van der Waals surface area contributed by atoms with Gasteiger partial charge in [-0.3, -0.25) is 9.78 Å². The summed E-state index contributed by atoms with van der Waals surface area (Å²) < 4.78 is 0. The zero-order valence-corrected chi connectivity index (χ0v) is 12.1. The predicted octanol–water partition coefficient (Wildman–Crippen LogP) is 0.463. The topological polar surface area (TPSA) is 71.2 Å². The largest absolute Gasteiger partial charge is 0.352 e. The summed E-state index contributed by atoms with van der Waals surface area (Å²) in [5, 5.41) is 2.89. The van der Waals surface area contributed by atoms with Crippen molar-refractivity contribution >= 4 is 5.91 Å². The number of nitrogens with one attached hydrogen (secondary N) is 1. The number of nitrogens with two attached hydrogens (primary N) is 1. The van der Waals surface area contributed by atoms with Gasteiger partial charge in [0.05, 0.1) is 12.1 Å². The number of hydrogen-bond donors (Lipinski definition) is 2. The lowest BCUT2D eigenvalue weighted by molar-refractivity contribution is 0.0952. The third kappa shape index (κ3) is 6.32. The SMILES string of the molecule is CN(C)CCCCNC(=O)c1cncc(C#CCN)c1. The van der Waals surface area contributed by atoms with Gasteiger partial charge in [-0.1, -0.05) is 11.8 Å². The number of carbonyl (C=O) groups excluding carboxylic acids is 1. The molecule has 1 aromatic heterocycles. The van der Waals surface area contributed by atoms with Crippen molar-refractivity contribution in [3.05, 3.63) is 29.6 Å². The van der Waals surface area contributed by atoms with Gasteiger partial charge in [0.25, 0.3) is 5.91 Å². The quantitative estimate of drug-likeness (QED) is 0.584. The number of pyridine rings is 1. The van der Waals surface area contributed by atoms with Crippen LogP contribution in [0.25, 0.3) is 0 Å². The van der Waals surface area contributed by atoms with Crippen molar-refractivity contribution in [3.63, 3.8) is 0 Å². The average Bonchev–Trinajstić information content (AvgIpc) is 2.44. The van der Waals surface area contributed by atoms with Crippen LogP contribution in [0.2, 0.25) is 0 Å². The minimum Gasteiger partial charge on any atom is -0.352 e. The van der Waals surface area contributed by atoms with Crippen LogP contribution in [0.15, 0.2) is 18.5 Å². The second-order valence-electron chi connectivity index (χ2n) is 4.73. The smallest absolute Gasteiger partial charge is 0.252 e. The normalized spacial score (nSPS) is 10.0. The van der Waals surface area contributed by atoms with Crippen LogP contribution in [-0.4, -0.2) is 49.5 Å². The van der Waals surface area contributed by atoms with Gasteiger partial charge in [-0.15, -0.1) is 0 Å². The Hall–Kier alpha value is -1.90. The van der Waals surface area contributed by atoms with E-state index in [-0.39, 0.29) is 5.91 Å². The van der Waals surface area contributed by atoms with Gasteiger partial charge in [0.1, 0.15) is 0 Å². The molecule has 5 nitrogen and oxygen atoms in total. The molecule has 1 heterocycles. The van der Waals surface area contributed by atoms with Crippen LogP contribution in [0.3, 0.4) is 0 Å². The summed E-state index contributed by atoms with van der Waals surface area (Å²) in [6.45, 7) is 2.00. The summed E-state index contributed by atoms with van der Waals surface area (Å²) in [7, 11) is 4.08. The molecular formula is C15H22N4O. The van der Waals surface area contributed by atoms with Crippen LogP contribution in [0, 0.1) is 11.8 Å². The molecule has 0 unspecified atom stereocenters. The van der Waals surface area contributed by atoms with Crippen LogP contribution >= 0.6 is 0 Å². The lowest BCUT2D eigenvalue weighted by atomic mass is 10.2. The standard InChI is InChI=1S/C15H22N4O/c1-19(2)9-4-3-8-18-15(20)14-10-13(6-5-7-16)11-17-12-14/h10-12H,3-4,7-9,16H2,1-2H3,(H,18,20).